The van der Waals surface area contributed by atoms with E-state index in [1.54, 1.807) is 18.6 Å². The first-order chi connectivity index (χ1) is 11.1. The number of carbonyl (C=O) groups is 1. The smallest absolute Gasteiger partial charge is 0.227 e. The van der Waals surface area contributed by atoms with E-state index in [9.17, 15) is 4.79 Å². The number of aromatic nitrogens is 2. The molecule has 2 fully saturated rings. The number of likely N-dealkylation sites (N-methyl/N-ethyl adjacent to an activating group) is 1. The molecule has 1 aromatic heterocycles. The zero-order valence-electron chi connectivity index (χ0n) is 14.4. The minimum absolute atomic E-state index is 0.0823. The van der Waals surface area contributed by atoms with E-state index in [0.29, 0.717) is 17.9 Å². The maximum absolute atomic E-state index is 12.9. The summed E-state index contributed by atoms with van der Waals surface area (Å²) in [5.74, 6) is 1.81. The first kappa shape index (κ1) is 16.2. The van der Waals surface area contributed by atoms with Gasteiger partial charge in [-0.25, -0.2) is 4.98 Å². The maximum Gasteiger partial charge on any atom is 0.227 e. The van der Waals surface area contributed by atoms with E-state index in [1.165, 1.54) is 0 Å². The molecule has 0 radical (unpaired) electrons. The summed E-state index contributed by atoms with van der Waals surface area (Å²) in [4.78, 5) is 28.0. The average Bonchev–Trinajstić information content (AvgIpc) is 2.97. The molecule has 2 saturated heterocycles. The highest BCUT2D eigenvalue weighted by Gasteiger charge is 2.37. The van der Waals surface area contributed by atoms with Gasteiger partial charge in [0.25, 0.3) is 0 Å². The lowest BCUT2D eigenvalue weighted by Crippen LogP contribution is -2.45. The fourth-order valence-electron chi connectivity index (χ4n) is 3.90. The molecule has 0 N–H and O–H groups in total. The van der Waals surface area contributed by atoms with E-state index < -0.39 is 0 Å². The molecule has 6 nitrogen and oxygen atoms in total. The van der Waals surface area contributed by atoms with Crippen LogP contribution in [0.1, 0.15) is 19.8 Å². The van der Waals surface area contributed by atoms with Gasteiger partial charge >= 0.3 is 0 Å². The number of amides is 1. The van der Waals surface area contributed by atoms with Crippen LogP contribution in [0.15, 0.2) is 18.6 Å². The number of hydrogen-bond donors (Lipinski definition) is 0. The van der Waals surface area contributed by atoms with Crippen molar-refractivity contribution in [3.05, 3.63) is 18.6 Å². The second-order valence-corrected chi connectivity index (χ2v) is 7.10. The molecule has 3 atom stereocenters. The summed E-state index contributed by atoms with van der Waals surface area (Å²) in [7, 11) is 4.21. The Morgan fingerprint density at radius 1 is 1.26 bits per heavy atom. The number of anilines is 1. The second-order valence-electron chi connectivity index (χ2n) is 7.10. The summed E-state index contributed by atoms with van der Waals surface area (Å²) >= 11 is 0. The van der Waals surface area contributed by atoms with Crippen molar-refractivity contribution in [3.8, 4) is 0 Å². The monoisotopic (exact) mass is 317 g/mol. The summed E-state index contributed by atoms with van der Waals surface area (Å²) in [5, 5.41) is 0. The Hall–Kier alpha value is -1.69. The number of hydrogen-bond acceptors (Lipinski definition) is 5. The van der Waals surface area contributed by atoms with Crippen molar-refractivity contribution in [2.75, 3.05) is 45.2 Å². The van der Waals surface area contributed by atoms with Crippen LogP contribution in [0.3, 0.4) is 0 Å². The van der Waals surface area contributed by atoms with Crippen LogP contribution in [-0.4, -0.2) is 72.0 Å². The molecule has 0 saturated carbocycles. The van der Waals surface area contributed by atoms with Crippen molar-refractivity contribution in [1.29, 1.82) is 0 Å². The van der Waals surface area contributed by atoms with Gasteiger partial charge in [-0.3, -0.25) is 9.78 Å². The van der Waals surface area contributed by atoms with Crippen LogP contribution in [0.5, 0.6) is 0 Å². The Labute approximate surface area is 138 Å². The largest absolute Gasteiger partial charge is 0.355 e. The molecule has 3 heterocycles. The zero-order chi connectivity index (χ0) is 16.4. The molecule has 3 rings (SSSR count). The van der Waals surface area contributed by atoms with Gasteiger partial charge in [-0.2, -0.15) is 0 Å². The fourth-order valence-corrected chi connectivity index (χ4v) is 3.90. The highest BCUT2D eigenvalue weighted by Crippen LogP contribution is 2.26. The molecule has 1 amide bonds. The van der Waals surface area contributed by atoms with Crippen LogP contribution < -0.4 is 4.90 Å². The molecule has 0 bridgehead atoms. The highest BCUT2D eigenvalue weighted by molar-refractivity contribution is 5.80. The number of piperidine rings is 1. The Bertz CT molecular complexity index is 535. The number of likely N-dealkylation sites (tertiary alicyclic amines) is 1. The summed E-state index contributed by atoms with van der Waals surface area (Å²) in [6, 6.07) is 0.471. The summed E-state index contributed by atoms with van der Waals surface area (Å²) < 4.78 is 0. The summed E-state index contributed by atoms with van der Waals surface area (Å²) in [5.41, 5.74) is 0. The van der Waals surface area contributed by atoms with E-state index in [-0.39, 0.29) is 5.92 Å². The molecule has 2 aliphatic rings. The van der Waals surface area contributed by atoms with Crippen LogP contribution in [0.4, 0.5) is 5.82 Å². The fraction of sp³-hybridized carbons (Fsp3) is 0.706. The normalized spacial score (nSPS) is 28.4. The van der Waals surface area contributed by atoms with Crippen molar-refractivity contribution in [3.63, 3.8) is 0 Å². The molecule has 126 valence electrons. The van der Waals surface area contributed by atoms with Gasteiger partial charge in [-0.05, 0) is 32.9 Å². The molecule has 0 aromatic carbocycles. The summed E-state index contributed by atoms with van der Waals surface area (Å²) in [6.07, 6.45) is 7.20. The minimum atomic E-state index is 0.0823. The van der Waals surface area contributed by atoms with E-state index in [4.69, 9.17) is 0 Å². The molecule has 2 aliphatic heterocycles. The SMILES string of the molecule is C[C@@H]1CN(C(=O)[C@@H]2CCCN(c3cnccn3)C2)C[C@@H]1N(C)C. The Balaban J connectivity index is 1.64. The van der Waals surface area contributed by atoms with Crippen molar-refractivity contribution in [2.45, 2.75) is 25.8 Å². The van der Waals surface area contributed by atoms with Crippen LogP contribution in [0, 0.1) is 11.8 Å². The first-order valence-corrected chi connectivity index (χ1v) is 8.52. The third-order valence-electron chi connectivity index (χ3n) is 5.19. The Morgan fingerprint density at radius 3 is 2.74 bits per heavy atom. The van der Waals surface area contributed by atoms with Gasteiger partial charge in [0.1, 0.15) is 5.82 Å². The quantitative estimate of drug-likeness (QED) is 0.836. The number of carbonyl (C=O) groups excluding carboxylic acids is 1. The lowest BCUT2D eigenvalue weighted by atomic mass is 9.96. The lowest BCUT2D eigenvalue weighted by molar-refractivity contribution is -0.135. The molecular weight excluding hydrogens is 290 g/mol. The van der Waals surface area contributed by atoms with Crippen molar-refractivity contribution >= 4 is 11.7 Å². The van der Waals surface area contributed by atoms with Gasteiger partial charge in [0.15, 0.2) is 0 Å². The number of nitrogens with zero attached hydrogens (tertiary/aromatic N) is 5. The van der Waals surface area contributed by atoms with E-state index in [0.717, 1.165) is 44.8 Å². The van der Waals surface area contributed by atoms with E-state index >= 15 is 0 Å². The molecule has 23 heavy (non-hydrogen) atoms. The molecule has 0 aliphatic carbocycles. The van der Waals surface area contributed by atoms with E-state index in [1.807, 2.05) is 0 Å². The topological polar surface area (TPSA) is 52.6 Å². The third kappa shape index (κ3) is 3.47. The molecule has 6 heteroatoms. The molecular formula is C17H27N5O. The molecule has 0 spiro atoms. The Morgan fingerprint density at radius 2 is 2.09 bits per heavy atom. The standard InChI is InChI=1S/C17H27N5O/c1-13-10-22(12-15(13)20(2)3)17(23)14-5-4-8-21(11-14)16-9-18-6-7-19-16/h6-7,9,13-15H,4-5,8,10-12H2,1-3H3/t13-,14-,15+/m1/s1. The van der Waals surface area contributed by atoms with Crippen LogP contribution >= 0.6 is 0 Å². The van der Waals surface area contributed by atoms with Crippen LogP contribution in [0.2, 0.25) is 0 Å². The predicted octanol–water partition coefficient (Wildman–Crippen LogP) is 1.10. The van der Waals surface area contributed by atoms with Gasteiger partial charge in [0.2, 0.25) is 5.91 Å². The average molecular weight is 317 g/mol. The van der Waals surface area contributed by atoms with E-state index in [2.05, 4.69) is 45.7 Å². The van der Waals surface area contributed by atoms with Gasteiger partial charge in [-0.1, -0.05) is 6.92 Å². The van der Waals surface area contributed by atoms with Gasteiger partial charge < -0.3 is 14.7 Å². The van der Waals surface area contributed by atoms with Gasteiger partial charge in [-0.15, -0.1) is 0 Å². The minimum Gasteiger partial charge on any atom is -0.355 e. The molecule has 1 aromatic rings. The predicted molar refractivity (Wildman–Crippen MR) is 90.2 cm³/mol. The molecule has 0 unspecified atom stereocenters. The van der Waals surface area contributed by atoms with Gasteiger partial charge in [0.05, 0.1) is 12.1 Å². The first-order valence-electron chi connectivity index (χ1n) is 8.52. The van der Waals surface area contributed by atoms with Crippen LogP contribution in [0.25, 0.3) is 0 Å². The highest BCUT2D eigenvalue weighted by atomic mass is 16.2. The Kier molecular flexibility index (Phi) is 4.80. The lowest BCUT2D eigenvalue weighted by Gasteiger charge is -2.34. The van der Waals surface area contributed by atoms with Crippen molar-refractivity contribution in [1.82, 2.24) is 19.8 Å². The maximum atomic E-state index is 12.9. The van der Waals surface area contributed by atoms with Crippen molar-refractivity contribution in [2.24, 2.45) is 11.8 Å². The second kappa shape index (κ2) is 6.83. The number of rotatable bonds is 3. The van der Waals surface area contributed by atoms with Crippen LogP contribution in [-0.2, 0) is 4.79 Å². The van der Waals surface area contributed by atoms with Gasteiger partial charge in [0, 0.05) is 44.6 Å². The zero-order valence-corrected chi connectivity index (χ0v) is 14.4. The van der Waals surface area contributed by atoms with Crippen molar-refractivity contribution < 1.29 is 4.79 Å². The third-order valence-corrected chi connectivity index (χ3v) is 5.19. The summed E-state index contributed by atoms with van der Waals surface area (Å²) in [6.45, 7) is 5.69.